The SMILES string of the molecule is CC/C(=N\NC(=O)c1cc(-c2ccc(OC)cc2OC)nc2ccccc12)c1ccc(CC)s1. The normalized spacial score (nSPS) is 11.5. The van der Waals surface area contributed by atoms with Crippen molar-refractivity contribution in [3.63, 3.8) is 0 Å². The van der Waals surface area contributed by atoms with Gasteiger partial charge in [0.1, 0.15) is 11.5 Å². The maximum absolute atomic E-state index is 13.3. The van der Waals surface area contributed by atoms with E-state index >= 15 is 0 Å². The number of hydrogen-bond donors (Lipinski definition) is 1. The lowest BCUT2D eigenvalue weighted by Gasteiger charge is -2.13. The van der Waals surface area contributed by atoms with Crippen LogP contribution in [0, 0.1) is 0 Å². The maximum atomic E-state index is 13.3. The topological polar surface area (TPSA) is 72.8 Å². The van der Waals surface area contributed by atoms with Gasteiger partial charge in [-0.1, -0.05) is 32.0 Å². The summed E-state index contributed by atoms with van der Waals surface area (Å²) in [6.07, 6.45) is 1.70. The molecule has 0 radical (unpaired) electrons. The van der Waals surface area contributed by atoms with E-state index in [0.717, 1.165) is 34.4 Å². The fraction of sp³-hybridized carbons (Fsp3) is 0.222. The number of nitrogens with zero attached hydrogens (tertiary/aromatic N) is 2. The van der Waals surface area contributed by atoms with Crippen molar-refractivity contribution >= 4 is 33.9 Å². The number of fused-ring (bicyclic) bond motifs is 1. The van der Waals surface area contributed by atoms with E-state index in [2.05, 4.69) is 29.6 Å². The molecule has 0 aliphatic heterocycles. The van der Waals surface area contributed by atoms with Gasteiger partial charge in [0.15, 0.2) is 0 Å². The molecule has 0 aliphatic rings. The van der Waals surface area contributed by atoms with Crippen molar-refractivity contribution in [1.29, 1.82) is 0 Å². The fourth-order valence-corrected chi connectivity index (χ4v) is 4.73. The number of nitrogens with one attached hydrogen (secondary N) is 1. The summed E-state index contributed by atoms with van der Waals surface area (Å²) in [5.74, 6) is 1.01. The van der Waals surface area contributed by atoms with Crippen LogP contribution >= 0.6 is 11.3 Å². The molecule has 6 nitrogen and oxygen atoms in total. The first-order valence-electron chi connectivity index (χ1n) is 11.2. The van der Waals surface area contributed by atoms with Gasteiger partial charge in [0.25, 0.3) is 5.91 Å². The lowest BCUT2D eigenvalue weighted by atomic mass is 10.0. The van der Waals surface area contributed by atoms with E-state index in [-0.39, 0.29) is 5.91 Å². The van der Waals surface area contributed by atoms with E-state index in [0.29, 0.717) is 28.3 Å². The van der Waals surface area contributed by atoms with Gasteiger partial charge >= 0.3 is 0 Å². The molecule has 4 rings (SSSR count). The predicted molar refractivity (Wildman–Crippen MR) is 138 cm³/mol. The van der Waals surface area contributed by atoms with Crippen LogP contribution in [0.3, 0.4) is 0 Å². The van der Waals surface area contributed by atoms with Gasteiger partial charge in [0, 0.05) is 21.9 Å². The first kappa shape index (κ1) is 23.4. The zero-order valence-electron chi connectivity index (χ0n) is 19.7. The molecule has 2 heterocycles. The molecule has 0 fully saturated rings. The Balaban J connectivity index is 1.74. The van der Waals surface area contributed by atoms with Crippen LogP contribution in [0.15, 0.2) is 65.8 Å². The molecule has 174 valence electrons. The van der Waals surface area contributed by atoms with Gasteiger partial charge in [0.05, 0.1) is 41.6 Å². The van der Waals surface area contributed by atoms with Crippen LogP contribution in [0.2, 0.25) is 0 Å². The van der Waals surface area contributed by atoms with Gasteiger partial charge in [-0.05, 0) is 49.2 Å². The largest absolute Gasteiger partial charge is 0.497 e. The number of benzene rings is 2. The highest BCUT2D eigenvalue weighted by Gasteiger charge is 2.17. The van der Waals surface area contributed by atoms with Crippen LogP contribution in [-0.2, 0) is 6.42 Å². The first-order chi connectivity index (χ1) is 16.6. The highest BCUT2D eigenvalue weighted by atomic mass is 32.1. The molecular weight excluding hydrogens is 446 g/mol. The summed E-state index contributed by atoms with van der Waals surface area (Å²) < 4.78 is 10.9. The Bertz CT molecular complexity index is 1360. The van der Waals surface area contributed by atoms with E-state index in [9.17, 15) is 4.79 Å². The predicted octanol–water partition coefficient (Wildman–Crippen LogP) is 6.09. The van der Waals surface area contributed by atoms with E-state index in [1.54, 1.807) is 37.7 Å². The third-order valence-corrected chi connectivity index (χ3v) is 6.85. The number of aromatic nitrogens is 1. The number of hydrazone groups is 1. The second-order valence-electron chi connectivity index (χ2n) is 7.61. The molecule has 1 N–H and O–H groups in total. The zero-order valence-corrected chi connectivity index (χ0v) is 20.5. The summed E-state index contributed by atoms with van der Waals surface area (Å²) in [7, 11) is 3.21. The highest BCUT2D eigenvalue weighted by Crippen LogP contribution is 2.34. The highest BCUT2D eigenvalue weighted by molar-refractivity contribution is 7.14. The van der Waals surface area contributed by atoms with Gasteiger partial charge in [-0.2, -0.15) is 5.10 Å². The monoisotopic (exact) mass is 473 g/mol. The van der Waals surface area contributed by atoms with Gasteiger partial charge in [-0.3, -0.25) is 4.79 Å². The standard InChI is InChI=1S/C27H27N3O3S/c1-5-18-12-14-26(34-18)22(6-2)29-30-27(31)21-16-24(28-23-10-8-7-9-19(21)23)20-13-11-17(32-3)15-25(20)33-4/h7-16H,5-6H2,1-4H3,(H,30,31)/b29-22+. The molecule has 34 heavy (non-hydrogen) atoms. The van der Waals surface area contributed by atoms with Crippen LogP contribution in [0.25, 0.3) is 22.2 Å². The average molecular weight is 474 g/mol. The molecule has 0 bridgehead atoms. The first-order valence-corrected chi connectivity index (χ1v) is 12.0. The molecule has 0 unspecified atom stereocenters. The van der Waals surface area contributed by atoms with Crippen molar-refractivity contribution in [2.75, 3.05) is 14.2 Å². The summed E-state index contributed by atoms with van der Waals surface area (Å²) in [6, 6.07) is 19.1. The third kappa shape index (κ3) is 4.79. The van der Waals surface area contributed by atoms with Crippen LogP contribution in [0.5, 0.6) is 11.5 Å². The van der Waals surface area contributed by atoms with E-state index < -0.39 is 0 Å². The Morgan fingerprint density at radius 3 is 2.56 bits per heavy atom. The third-order valence-electron chi connectivity index (χ3n) is 5.57. The number of amides is 1. The number of pyridine rings is 1. The Hall–Kier alpha value is -3.71. The lowest BCUT2D eigenvalue weighted by molar-refractivity contribution is 0.0956. The minimum Gasteiger partial charge on any atom is -0.497 e. The summed E-state index contributed by atoms with van der Waals surface area (Å²) in [5.41, 5.74) is 6.24. The van der Waals surface area contributed by atoms with Crippen molar-refractivity contribution in [1.82, 2.24) is 10.4 Å². The number of carbonyl (C=O) groups excluding carboxylic acids is 1. The molecule has 2 aromatic heterocycles. The summed E-state index contributed by atoms with van der Waals surface area (Å²) in [5, 5.41) is 5.23. The smallest absolute Gasteiger partial charge is 0.272 e. The Morgan fingerprint density at radius 1 is 1.03 bits per heavy atom. The minimum absolute atomic E-state index is 0.287. The molecular formula is C27H27N3O3S. The fourth-order valence-electron chi connectivity index (χ4n) is 3.72. The molecule has 0 saturated heterocycles. The van der Waals surface area contributed by atoms with Gasteiger partial charge in [0.2, 0.25) is 0 Å². The Kier molecular flexibility index (Phi) is 7.23. The minimum atomic E-state index is -0.287. The van der Waals surface area contributed by atoms with Crippen molar-refractivity contribution < 1.29 is 14.3 Å². The zero-order chi connectivity index (χ0) is 24.1. The van der Waals surface area contributed by atoms with Gasteiger partial charge < -0.3 is 9.47 Å². The van der Waals surface area contributed by atoms with Crippen LogP contribution in [-0.4, -0.2) is 30.8 Å². The molecule has 0 saturated carbocycles. The van der Waals surface area contributed by atoms with E-state index in [4.69, 9.17) is 14.5 Å². The van der Waals surface area contributed by atoms with Crippen LogP contribution in [0.1, 0.15) is 40.4 Å². The Labute approximate surface area is 203 Å². The number of methoxy groups -OCH3 is 2. The summed E-state index contributed by atoms with van der Waals surface area (Å²) >= 11 is 1.71. The quantitative estimate of drug-likeness (QED) is 0.248. The van der Waals surface area contributed by atoms with Crippen LogP contribution in [0.4, 0.5) is 0 Å². The van der Waals surface area contributed by atoms with Crippen molar-refractivity contribution in [3.8, 4) is 22.8 Å². The van der Waals surface area contributed by atoms with Gasteiger partial charge in [-0.25, -0.2) is 10.4 Å². The number of ether oxygens (including phenoxy) is 2. The summed E-state index contributed by atoms with van der Waals surface area (Å²) in [6.45, 7) is 4.16. The summed E-state index contributed by atoms with van der Waals surface area (Å²) in [4.78, 5) is 20.5. The molecule has 4 aromatic rings. The number of thiophene rings is 1. The van der Waals surface area contributed by atoms with E-state index in [1.165, 1.54) is 4.88 Å². The molecule has 7 heteroatoms. The second kappa shape index (κ2) is 10.5. The van der Waals surface area contributed by atoms with Crippen molar-refractivity contribution in [3.05, 3.63) is 76.0 Å². The molecule has 0 spiro atoms. The van der Waals surface area contributed by atoms with E-state index in [1.807, 2.05) is 43.3 Å². The number of rotatable bonds is 8. The molecule has 0 aliphatic carbocycles. The van der Waals surface area contributed by atoms with Crippen molar-refractivity contribution in [2.45, 2.75) is 26.7 Å². The number of hydrogen-bond acceptors (Lipinski definition) is 6. The molecule has 0 atom stereocenters. The number of aryl methyl sites for hydroxylation is 1. The Morgan fingerprint density at radius 2 is 1.85 bits per heavy atom. The molecule has 2 aromatic carbocycles. The lowest BCUT2D eigenvalue weighted by Crippen LogP contribution is -2.20. The molecule has 1 amide bonds. The average Bonchev–Trinajstić information content (AvgIpc) is 3.37. The second-order valence-corrected chi connectivity index (χ2v) is 8.78. The maximum Gasteiger partial charge on any atom is 0.272 e. The van der Waals surface area contributed by atoms with Crippen LogP contribution < -0.4 is 14.9 Å². The van der Waals surface area contributed by atoms with Crippen molar-refractivity contribution in [2.24, 2.45) is 5.10 Å². The van der Waals surface area contributed by atoms with Gasteiger partial charge in [-0.15, -0.1) is 11.3 Å². The number of para-hydroxylation sites is 1. The number of carbonyl (C=O) groups is 1.